The monoisotopic (exact) mass is 441 g/mol. The molecular weight excluding hydrogens is 422 g/mol. The highest BCUT2D eigenvalue weighted by Crippen LogP contribution is 2.29. The van der Waals surface area contributed by atoms with Gasteiger partial charge in [-0.2, -0.15) is 4.98 Å². The fourth-order valence-corrected chi connectivity index (χ4v) is 3.33. The number of methoxy groups -OCH3 is 1. The number of nitrogens with one attached hydrogen (secondary N) is 1. The van der Waals surface area contributed by atoms with Crippen LogP contribution in [0.5, 0.6) is 17.4 Å². The second-order valence-electron chi connectivity index (χ2n) is 7.15. The maximum absolute atomic E-state index is 12.6. The zero-order valence-corrected chi connectivity index (χ0v) is 17.9. The van der Waals surface area contributed by atoms with Crippen LogP contribution in [0.25, 0.3) is 16.8 Å². The van der Waals surface area contributed by atoms with Crippen molar-refractivity contribution in [2.75, 3.05) is 12.4 Å². The molecular formula is C24H19N5O4. The van der Waals surface area contributed by atoms with Crippen molar-refractivity contribution >= 4 is 22.6 Å². The number of hydrogen-bond donors (Lipinski definition) is 1. The number of amides is 1. The minimum absolute atomic E-state index is 0.193. The third-order valence-corrected chi connectivity index (χ3v) is 4.86. The summed E-state index contributed by atoms with van der Waals surface area (Å²) in [6.07, 6.45) is 5.12. The van der Waals surface area contributed by atoms with E-state index in [9.17, 15) is 4.79 Å². The summed E-state index contributed by atoms with van der Waals surface area (Å²) >= 11 is 0. The Labute approximate surface area is 188 Å². The predicted molar refractivity (Wildman–Crippen MR) is 121 cm³/mol. The van der Waals surface area contributed by atoms with Gasteiger partial charge in [0, 0.05) is 29.5 Å². The summed E-state index contributed by atoms with van der Waals surface area (Å²) < 4.78 is 18.6. The van der Waals surface area contributed by atoms with E-state index in [0.717, 1.165) is 5.39 Å². The topological polar surface area (TPSA) is 104 Å². The molecule has 164 valence electrons. The first-order valence-electron chi connectivity index (χ1n) is 10.1. The van der Waals surface area contributed by atoms with Crippen LogP contribution < -0.4 is 14.8 Å². The second-order valence-corrected chi connectivity index (χ2v) is 7.15. The Morgan fingerprint density at radius 2 is 1.94 bits per heavy atom. The van der Waals surface area contributed by atoms with E-state index in [1.807, 2.05) is 12.1 Å². The van der Waals surface area contributed by atoms with Crippen molar-refractivity contribution in [2.24, 2.45) is 0 Å². The average molecular weight is 441 g/mol. The van der Waals surface area contributed by atoms with E-state index in [1.165, 1.54) is 0 Å². The largest absolute Gasteiger partial charge is 0.493 e. The Bertz CT molecular complexity index is 1430. The fourth-order valence-electron chi connectivity index (χ4n) is 3.33. The van der Waals surface area contributed by atoms with Gasteiger partial charge >= 0.3 is 0 Å². The van der Waals surface area contributed by atoms with Gasteiger partial charge in [0.2, 0.25) is 5.88 Å². The van der Waals surface area contributed by atoms with Gasteiger partial charge in [0.05, 0.1) is 7.11 Å². The average Bonchev–Trinajstić information content (AvgIpc) is 3.50. The van der Waals surface area contributed by atoms with Gasteiger partial charge in [-0.05, 0) is 43.3 Å². The first kappa shape index (κ1) is 20.3. The molecule has 33 heavy (non-hydrogen) atoms. The first-order valence-corrected chi connectivity index (χ1v) is 10.1. The van der Waals surface area contributed by atoms with E-state index in [2.05, 4.69) is 20.3 Å². The number of nitrogens with zero attached hydrogens (tertiary/aromatic N) is 4. The molecule has 0 radical (unpaired) electrons. The van der Waals surface area contributed by atoms with E-state index >= 15 is 0 Å². The van der Waals surface area contributed by atoms with Crippen LogP contribution in [0.1, 0.15) is 16.4 Å². The van der Waals surface area contributed by atoms with Crippen molar-refractivity contribution in [3.05, 3.63) is 84.9 Å². The SMILES string of the molecule is COc1cccc2cc(C(=O)Nc3ccc(Oc4cc(-n5ccnc5)nc(C)n4)cc3)oc12. The van der Waals surface area contributed by atoms with Crippen LogP contribution >= 0.6 is 0 Å². The molecule has 9 nitrogen and oxygen atoms in total. The van der Waals surface area contributed by atoms with Gasteiger partial charge in [-0.3, -0.25) is 9.36 Å². The molecule has 2 aromatic carbocycles. The van der Waals surface area contributed by atoms with E-state index in [0.29, 0.717) is 40.3 Å². The first-order chi connectivity index (χ1) is 16.1. The van der Waals surface area contributed by atoms with Crippen molar-refractivity contribution in [3.8, 4) is 23.2 Å². The van der Waals surface area contributed by atoms with Gasteiger partial charge in [0.1, 0.15) is 23.7 Å². The van der Waals surface area contributed by atoms with Crippen molar-refractivity contribution in [3.63, 3.8) is 0 Å². The van der Waals surface area contributed by atoms with E-state index in [4.69, 9.17) is 13.9 Å². The number of benzene rings is 2. The Morgan fingerprint density at radius 1 is 1.09 bits per heavy atom. The highest BCUT2D eigenvalue weighted by atomic mass is 16.5. The van der Waals surface area contributed by atoms with Crippen molar-refractivity contribution in [2.45, 2.75) is 6.92 Å². The highest BCUT2D eigenvalue weighted by Gasteiger charge is 2.15. The quantitative estimate of drug-likeness (QED) is 0.405. The number of para-hydroxylation sites is 1. The summed E-state index contributed by atoms with van der Waals surface area (Å²) in [6.45, 7) is 1.79. The molecule has 9 heteroatoms. The van der Waals surface area contributed by atoms with Crippen molar-refractivity contribution < 1.29 is 18.7 Å². The third-order valence-electron chi connectivity index (χ3n) is 4.86. The molecule has 0 saturated heterocycles. The predicted octanol–water partition coefficient (Wildman–Crippen LogP) is 4.77. The Balaban J connectivity index is 1.30. The standard InChI is InChI=1S/C24H19N5O4/c1-15-26-21(29-11-10-25-14-29)13-22(27-15)32-18-8-6-17(7-9-18)28-24(30)20-12-16-4-3-5-19(31-2)23(16)33-20/h3-14H,1-2H3,(H,28,30). The van der Waals surface area contributed by atoms with Crippen LogP contribution in [-0.4, -0.2) is 32.5 Å². The molecule has 0 fully saturated rings. The summed E-state index contributed by atoms with van der Waals surface area (Å²) in [5.41, 5.74) is 1.13. The lowest BCUT2D eigenvalue weighted by Gasteiger charge is -2.09. The zero-order valence-electron chi connectivity index (χ0n) is 17.9. The number of carbonyl (C=O) groups excluding carboxylic acids is 1. The van der Waals surface area contributed by atoms with Gasteiger partial charge in [-0.25, -0.2) is 9.97 Å². The zero-order chi connectivity index (χ0) is 22.8. The lowest BCUT2D eigenvalue weighted by atomic mass is 10.2. The maximum atomic E-state index is 12.6. The van der Waals surface area contributed by atoms with Crippen LogP contribution in [0.2, 0.25) is 0 Å². The smallest absolute Gasteiger partial charge is 0.291 e. The molecule has 1 amide bonds. The molecule has 1 N–H and O–H groups in total. The summed E-state index contributed by atoms with van der Waals surface area (Å²) in [7, 11) is 1.56. The molecule has 0 saturated carbocycles. The number of fused-ring (bicyclic) bond motifs is 1. The summed E-state index contributed by atoms with van der Waals surface area (Å²) in [6, 6.07) is 15.8. The molecule has 0 aliphatic rings. The summed E-state index contributed by atoms with van der Waals surface area (Å²) in [5, 5.41) is 3.61. The minimum atomic E-state index is -0.363. The maximum Gasteiger partial charge on any atom is 0.291 e. The number of aromatic nitrogens is 4. The van der Waals surface area contributed by atoms with Crippen LogP contribution in [0.4, 0.5) is 5.69 Å². The van der Waals surface area contributed by atoms with Gasteiger partial charge in [0.25, 0.3) is 5.91 Å². The summed E-state index contributed by atoms with van der Waals surface area (Å²) in [5.74, 6) is 2.60. The van der Waals surface area contributed by atoms with Gasteiger partial charge in [0.15, 0.2) is 17.1 Å². The number of aryl methyl sites for hydroxylation is 1. The molecule has 0 aliphatic heterocycles. The number of carbonyl (C=O) groups is 1. The fraction of sp³-hybridized carbons (Fsp3) is 0.0833. The number of furan rings is 1. The van der Waals surface area contributed by atoms with Crippen LogP contribution in [0.3, 0.4) is 0 Å². The van der Waals surface area contributed by atoms with Crippen molar-refractivity contribution in [1.29, 1.82) is 0 Å². The molecule has 5 aromatic rings. The van der Waals surface area contributed by atoms with Crippen LogP contribution in [0, 0.1) is 6.92 Å². The van der Waals surface area contributed by atoms with Gasteiger partial charge in [-0.15, -0.1) is 0 Å². The number of hydrogen-bond acceptors (Lipinski definition) is 7. The Morgan fingerprint density at radius 3 is 2.70 bits per heavy atom. The molecule has 3 heterocycles. The minimum Gasteiger partial charge on any atom is -0.493 e. The van der Waals surface area contributed by atoms with Crippen LogP contribution in [-0.2, 0) is 0 Å². The lowest BCUT2D eigenvalue weighted by molar-refractivity contribution is 0.0998. The van der Waals surface area contributed by atoms with E-state index in [-0.39, 0.29) is 11.7 Å². The normalized spacial score (nSPS) is 10.8. The Hall–Kier alpha value is -4.66. The highest BCUT2D eigenvalue weighted by molar-refractivity contribution is 6.05. The molecule has 0 spiro atoms. The number of anilines is 1. The van der Waals surface area contributed by atoms with Gasteiger partial charge < -0.3 is 19.2 Å². The van der Waals surface area contributed by atoms with E-state index in [1.54, 1.807) is 79.8 Å². The van der Waals surface area contributed by atoms with Crippen LogP contribution in [0.15, 0.2) is 77.7 Å². The third kappa shape index (κ3) is 4.24. The Kier molecular flexibility index (Phi) is 5.19. The summed E-state index contributed by atoms with van der Waals surface area (Å²) in [4.78, 5) is 25.4. The van der Waals surface area contributed by atoms with Gasteiger partial charge in [-0.1, -0.05) is 12.1 Å². The second kappa shape index (κ2) is 8.46. The molecule has 5 rings (SSSR count). The molecule has 0 unspecified atom stereocenters. The van der Waals surface area contributed by atoms with E-state index < -0.39 is 0 Å². The van der Waals surface area contributed by atoms with Crippen molar-refractivity contribution in [1.82, 2.24) is 19.5 Å². The lowest BCUT2D eigenvalue weighted by Crippen LogP contribution is -2.10. The molecule has 0 bridgehead atoms. The molecule has 0 aliphatic carbocycles. The molecule has 0 atom stereocenters. The molecule has 3 aromatic heterocycles. The number of ether oxygens (including phenoxy) is 2. The number of rotatable bonds is 6. The number of imidazole rings is 1.